The summed E-state index contributed by atoms with van der Waals surface area (Å²) in [5, 5.41) is 30.7. The smallest absolute Gasteiger partial charge is 0.288 e. The van der Waals surface area contributed by atoms with Crippen molar-refractivity contribution < 1.29 is 42.9 Å². The number of nitrogens with one attached hydrogen (secondary N) is 7. The quantitative estimate of drug-likeness (QED) is 0.167. The number of amides is 5. The number of thioether (sulfide) groups is 2. The van der Waals surface area contributed by atoms with Crippen molar-refractivity contribution in [1.82, 2.24) is 21.3 Å². The number of nitrogens with zero attached hydrogens (tertiary/aromatic N) is 1. The Morgan fingerprint density at radius 3 is 1.64 bits per heavy atom. The molecule has 19 heteroatoms. The molecule has 0 aliphatic carbocycles. The molecule has 0 aromatic heterocycles. The molecule has 1 rings (SSSR count). The third-order valence-corrected chi connectivity index (χ3v) is 4.87. The van der Waals surface area contributed by atoms with Crippen molar-refractivity contribution in [3.63, 3.8) is 0 Å². The van der Waals surface area contributed by atoms with E-state index >= 15 is 0 Å². The van der Waals surface area contributed by atoms with E-state index in [4.69, 9.17) is 25.7 Å². The van der Waals surface area contributed by atoms with E-state index in [1.54, 1.807) is 13.2 Å². The van der Waals surface area contributed by atoms with Gasteiger partial charge in [-0.25, -0.2) is 0 Å². The Hall–Kier alpha value is -3.71. The standard InChI is InChI=1S/C6H11NO2.C5H10N2O2.C5H10N2OS.C5H9NO2S.C4H8N2O2/c1-5(8)7-6-2-3-9-4-6;2*1-3-9-5(6)7-4(2)8;1-4(7)6-5(8-2)9-3;1-3(7)6-4(5)8-2/h6H,2-4H2,1H3,(H,7,8);2*3H2,1-2H3,(H2,6,7,8);1-3H3;1-2H3,(H2,5,6,7). The summed E-state index contributed by atoms with van der Waals surface area (Å²) in [4.78, 5) is 54.8. The van der Waals surface area contributed by atoms with Crippen molar-refractivity contribution in [2.75, 3.05) is 46.0 Å². The normalized spacial score (nSPS) is 12.5. The van der Waals surface area contributed by atoms with Crippen LogP contribution in [0.5, 0.6) is 0 Å². The molecule has 0 saturated carbocycles. The minimum Gasteiger partial charge on any atom is -0.476 e. The highest BCUT2D eigenvalue weighted by atomic mass is 32.2. The van der Waals surface area contributed by atoms with Gasteiger partial charge in [-0.05, 0) is 25.4 Å². The monoisotopic (exact) mass is 668 g/mol. The Balaban J connectivity index is -0.000000227. The Bertz CT molecular complexity index is 909. The van der Waals surface area contributed by atoms with Gasteiger partial charge >= 0.3 is 0 Å². The van der Waals surface area contributed by atoms with Crippen LogP contribution in [0, 0.1) is 16.2 Å². The fourth-order valence-electron chi connectivity index (χ4n) is 2.13. The van der Waals surface area contributed by atoms with Crippen LogP contribution in [-0.2, 0) is 42.9 Å². The zero-order chi connectivity index (χ0) is 35.1. The Morgan fingerprint density at radius 1 is 0.841 bits per heavy atom. The van der Waals surface area contributed by atoms with Crippen LogP contribution in [0.1, 0.15) is 54.9 Å². The number of amidine groups is 3. The number of carbonyl (C=O) groups excluding carboxylic acids is 5. The van der Waals surface area contributed by atoms with Crippen molar-refractivity contribution >= 4 is 75.5 Å². The molecule has 1 aliphatic heterocycles. The van der Waals surface area contributed by atoms with Crippen molar-refractivity contribution in [3.8, 4) is 0 Å². The molecule has 1 heterocycles. The van der Waals surface area contributed by atoms with E-state index in [9.17, 15) is 24.0 Å². The first-order valence-corrected chi connectivity index (χ1v) is 15.1. The summed E-state index contributed by atoms with van der Waals surface area (Å²) < 4.78 is 18.7. The van der Waals surface area contributed by atoms with Gasteiger partial charge in [-0.3, -0.25) is 50.8 Å². The summed E-state index contributed by atoms with van der Waals surface area (Å²) in [6, 6.07) is -0.148. The van der Waals surface area contributed by atoms with E-state index in [0.29, 0.717) is 18.4 Å². The Kier molecular flexibility index (Phi) is 34.6. The maximum Gasteiger partial charge on any atom is 0.288 e. The topological polar surface area (TPSA) is 254 Å². The second kappa shape index (κ2) is 32.2. The zero-order valence-electron chi connectivity index (χ0n) is 27.1. The predicted octanol–water partition coefficient (Wildman–Crippen LogP) is 1.42. The number of ether oxygens (including phenoxy) is 4. The fraction of sp³-hybridized carbons (Fsp3) is 0.640. The second-order valence-corrected chi connectivity index (χ2v) is 9.70. The van der Waals surface area contributed by atoms with E-state index in [2.05, 4.69) is 35.7 Å². The minimum atomic E-state index is -0.295. The molecule has 0 spiro atoms. The van der Waals surface area contributed by atoms with Gasteiger partial charge in [0.25, 0.3) is 17.3 Å². The van der Waals surface area contributed by atoms with Crippen molar-refractivity contribution in [2.24, 2.45) is 4.99 Å². The highest BCUT2D eigenvalue weighted by Crippen LogP contribution is 2.02. The summed E-state index contributed by atoms with van der Waals surface area (Å²) in [5.41, 5.74) is 0. The number of methoxy groups -OCH3 is 2. The van der Waals surface area contributed by atoms with Gasteiger partial charge in [-0.1, -0.05) is 30.4 Å². The summed E-state index contributed by atoms with van der Waals surface area (Å²) in [6.07, 6.45) is 2.75. The van der Waals surface area contributed by atoms with Gasteiger partial charge in [-0.2, -0.15) is 4.99 Å². The molecule has 1 fully saturated rings. The Labute approximate surface area is 267 Å². The van der Waals surface area contributed by atoms with Crippen molar-refractivity contribution in [1.29, 1.82) is 16.2 Å². The van der Waals surface area contributed by atoms with E-state index in [1.165, 1.54) is 72.4 Å². The average Bonchev–Trinajstić information content (AvgIpc) is 3.40. The lowest BCUT2D eigenvalue weighted by atomic mass is 10.3. The molecule has 0 aromatic carbocycles. The summed E-state index contributed by atoms with van der Waals surface area (Å²) >= 11 is 2.62. The van der Waals surface area contributed by atoms with E-state index in [0.717, 1.165) is 18.8 Å². The van der Waals surface area contributed by atoms with E-state index < -0.39 is 0 Å². The molecule has 1 aliphatic rings. The average molecular weight is 669 g/mol. The molecule has 7 N–H and O–H groups in total. The molecule has 0 radical (unpaired) electrons. The van der Waals surface area contributed by atoms with Gasteiger partial charge in [0, 0.05) is 41.2 Å². The number of rotatable bonds is 3. The lowest BCUT2D eigenvalue weighted by Gasteiger charge is -2.06. The summed E-state index contributed by atoms with van der Waals surface area (Å²) in [7, 11) is 2.80. The van der Waals surface area contributed by atoms with Crippen LogP contribution < -0.4 is 21.3 Å². The molecular formula is C25H48N8O9S2. The van der Waals surface area contributed by atoms with Gasteiger partial charge in [0.15, 0.2) is 5.17 Å². The van der Waals surface area contributed by atoms with E-state index in [-0.39, 0.29) is 52.8 Å². The van der Waals surface area contributed by atoms with Crippen LogP contribution in [0.2, 0.25) is 0 Å². The van der Waals surface area contributed by atoms with Gasteiger partial charge in [0.2, 0.25) is 29.5 Å². The third-order valence-electron chi connectivity index (χ3n) is 3.59. The molecule has 1 atom stereocenters. The lowest BCUT2D eigenvalue weighted by molar-refractivity contribution is -0.120. The number of hydrogen-bond donors (Lipinski definition) is 7. The minimum absolute atomic E-state index is 0.0329. The predicted molar refractivity (Wildman–Crippen MR) is 173 cm³/mol. The SMILES string of the molecule is CC(=O)NC1CCOC1.CCOC(=N)NC(C)=O.CCSC(=N)NC(C)=O.COC(=N)NC(C)=O.COC(=NC(C)=O)SC. The largest absolute Gasteiger partial charge is 0.476 e. The van der Waals surface area contributed by atoms with Gasteiger partial charge in [-0.15, -0.1) is 0 Å². The molecule has 254 valence electrons. The first-order chi connectivity index (χ1) is 20.5. The molecule has 0 bridgehead atoms. The van der Waals surface area contributed by atoms with Crippen LogP contribution in [0.15, 0.2) is 4.99 Å². The molecular weight excluding hydrogens is 620 g/mol. The highest BCUT2D eigenvalue weighted by molar-refractivity contribution is 8.13. The zero-order valence-corrected chi connectivity index (χ0v) is 28.7. The highest BCUT2D eigenvalue weighted by Gasteiger charge is 2.15. The van der Waals surface area contributed by atoms with Crippen LogP contribution >= 0.6 is 23.5 Å². The van der Waals surface area contributed by atoms with Crippen molar-refractivity contribution in [3.05, 3.63) is 0 Å². The second-order valence-electron chi connectivity index (χ2n) is 7.67. The van der Waals surface area contributed by atoms with Gasteiger partial charge in [0.05, 0.1) is 33.5 Å². The molecule has 0 aromatic rings. The summed E-state index contributed by atoms with van der Waals surface area (Å²) in [6.45, 7) is 12.5. The molecule has 17 nitrogen and oxygen atoms in total. The first kappa shape index (κ1) is 47.2. The van der Waals surface area contributed by atoms with Gasteiger partial charge in [0.1, 0.15) is 0 Å². The van der Waals surface area contributed by atoms with Crippen molar-refractivity contribution in [2.45, 2.75) is 60.9 Å². The maximum atomic E-state index is 10.4. The number of carbonyl (C=O) groups is 5. The maximum absolute atomic E-state index is 10.4. The molecule has 44 heavy (non-hydrogen) atoms. The number of aliphatic imine (C=N–C) groups is 1. The molecule has 1 unspecified atom stereocenters. The molecule has 1 saturated heterocycles. The fourth-order valence-corrected chi connectivity index (χ4v) is 3.02. The van der Waals surface area contributed by atoms with Crippen LogP contribution in [0.4, 0.5) is 0 Å². The van der Waals surface area contributed by atoms with Crippen LogP contribution in [-0.4, -0.2) is 104 Å². The third kappa shape index (κ3) is 42.8. The summed E-state index contributed by atoms with van der Waals surface area (Å²) in [5.74, 6) is -0.142. The van der Waals surface area contributed by atoms with Crippen LogP contribution in [0.25, 0.3) is 0 Å². The lowest BCUT2D eigenvalue weighted by Crippen LogP contribution is -2.32. The van der Waals surface area contributed by atoms with Crippen LogP contribution in [0.3, 0.4) is 0 Å². The van der Waals surface area contributed by atoms with Gasteiger partial charge < -0.3 is 29.6 Å². The van der Waals surface area contributed by atoms with E-state index in [1.807, 2.05) is 6.92 Å². The first-order valence-electron chi connectivity index (χ1n) is 12.9. The number of hydrogen-bond acceptors (Lipinski definition) is 14. The Morgan fingerprint density at radius 2 is 1.36 bits per heavy atom. The molecule has 5 amide bonds.